The van der Waals surface area contributed by atoms with Gasteiger partial charge in [-0.25, -0.2) is 0 Å². The second kappa shape index (κ2) is 4.62. The average molecular weight is 219 g/mol. The van der Waals surface area contributed by atoms with Crippen LogP contribution in [0.1, 0.15) is 18.9 Å². The minimum absolute atomic E-state index is 0.144. The van der Waals surface area contributed by atoms with Gasteiger partial charge in [0.25, 0.3) is 0 Å². The lowest BCUT2D eigenvalue weighted by atomic mass is 10.1. The van der Waals surface area contributed by atoms with E-state index in [1.165, 1.54) is 11.8 Å². The summed E-state index contributed by atoms with van der Waals surface area (Å²) in [5, 5.41) is 0.293. The fraction of sp³-hybridized carbons (Fsp3) is 0.333. The SMILES string of the molecule is CCC1N=C(Cc2ccccc2)C(=O)S1. The van der Waals surface area contributed by atoms with Crippen LogP contribution < -0.4 is 0 Å². The van der Waals surface area contributed by atoms with Gasteiger partial charge in [0.1, 0.15) is 5.37 Å². The van der Waals surface area contributed by atoms with Crippen LogP contribution in [0.2, 0.25) is 0 Å². The minimum Gasteiger partial charge on any atom is -0.280 e. The summed E-state index contributed by atoms with van der Waals surface area (Å²) in [5.74, 6) is 0. The molecule has 1 aliphatic heterocycles. The molecule has 0 radical (unpaired) electrons. The maximum atomic E-state index is 11.6. The van der Waals surface area contributed by atoms with Crippen LogP contribution in [0.3, 0.4) is 0 Å². The molecule has 1 heterocycles. The van der Waals surface area contributed by atoms with Gasteiger partial charge in [0.2, 0.25) is 5.12 Å². The number of aliphatic imine (C=N–C) groups is 1. The molecule has 0 aliphatic carbocycles. The molecule has 15 heavy (non-hydrogen) atoms. The van der Waals surface area contributed by atoms with Gasteiger partial charge in [-0.05, 0) is 12.0 Å². The molecule has 1 aliphatic rings. The fourth-order valence-corrected chi connectivity index (χ4v) is 2.38. The quantitative estimate of drug-likeness (QED) is 0.782. The van der Waals surface area contributed by atoms with Crippen molar-refractivity contribution < 1.29 is 4.79 Å². The van der Waals surface area contributed by atoms with Gasteiger partial charge in [-0.15, -0.1) is 0 Å². The van der Waals surface area contributed by atoms with E-state index in [2.05, 4.69) is 11.9 Å². The second-order valence-electron chi connectivity index (χ2n) is 3.51. The molecule has 0 fully saturated rings. The number of hydrogen-bond acceptors (Lipinski definition) is 3. The molecule has 1 aromatic carbocycles. The van der Waals surface area contributed by atoms with Crippen LogP contribution in [-0.2, 0) is 11.2 Å². The highest BCUT2D eigenvalue weighted by Gasteiger charge is 2.25. The van der Waals surface area contributed by atoms with Crippen LogP contribution in [0.25, 0.3) is 0 Å². The molecule has 0 aromatic heterocycles. The third-order valence-electron chi connectivity index (χ3n) is 2.34. The van der Waals surface area contributed by atoms with Crippen molar-refractivity contribution in [2.24, 2.45) is 4.99 Å². The van der Waals surface area contributed by atoms with Gasteiger partial charge in [0, 0.05) is 6.42 Å². The molecular formula is C12H13NOS. The van der Waals surface area contributed by atoms with Gasteiger partial charge in [0.05, 0.1) is 5.71 Å². The van der Waals surface area contributed by atoms with E-state index in [0.29, 0.717) is 6.42 Å². The average Bonchev–Trinajstić information content (AvgIpc) is 2.61. The molecule has 78 valence electrons. The minimum atomic E-state index is 0.144. The van der Waals surface area contributed by atoms with E-state index in [1.54, 1.807) is 0 Å². The smallest absolute Gasteiger partial charge is 0.235 e. The number of rotatable bonds is 3. The van der Waals surface area contributed by atoms with Crippen LogP contribution in [-0.4, -0.2) is 16.2 Å². The first-order chi connectivity index (χ1) is 7.29. The molecule has 1 atom stereocenters. The van der Waals surface area contributed by atoms with E-state index in [4.69, 9.17) is 0 Å². The van der Waals surface area contributed by atoms with Gasteiger partial charge >= 0.3 is 0 Å². The summed E-state index contributed by atoms with van der Waals surface area (Å²) in [6, 6.07) is 10.0. The normalized spacial score (nSPS) is 20.5. The predicted octanol–water partition coefficient (Wildman–Crippen LogP) is 2.68. The standard InChI is InChI=1S/C12H13NOS/c1-2-11-13-10(12(14)15-11)8-9-6-4-3-5-7-9/h3-7,11H,2,8H2,1H3. The number of carbonyl (C=O) groups excluding carboxylic acids is 1. The van der Waals surface area contributed by atoms with Crippen molar-refractivity contribution in [2.75, 3.05) is 0 Å². The number of carbonyl (C=O) groups is 1. The van der Waals surface area contributed by atoms with Crippen molar-refractivity contribution in [1.29, 1.82) is 0 Å². The van der Waals surface area contributed by atoms with Crippen molar-refractivity contribution in [2.45, 2.75) is 25.1 Å². The molecule has 0 N–H and O–H groups in total. The lowest BCUT2D eigenvalue weighted by Gasteiger charge is -1.98. The number of thioether (sulfide) groups is 1. The molecule has 1 unspecified atom stereocenters. The zero-order valence-corrected chi connectivity index (χ0v) is 9.46. The predicted molar refractivity (Wildman–Crippen MR) is 64.3 cm³/mol. The Bertz CT molecular complexity index is 386. The van der Waals surface area contributed by atoms with E-state index >= 15 is 0 Å². The van der Waals surface area contributed by atoms with E-state index < -0.39 is 0 Å². The third kappa shape index (κ3) is 2.48. The molecule has 3 heteroatoms. The van der Waals surface area contributed by atoms with Gasteiger partial charge in [0.15, 0.2) is 0 Å². The summed E-state index contributed by atoms with van der Waals surface area (Å²) in [4.78, 5) is 16.0. The lowest BCUT2D eigenvalue weighted by Crippen LogP contribution is -2.08. The maximum absolute atomic E-state index is 11.6. The van der Waals surface area contributed by atoms with Crippen molar-refractivity contribution in [3.05, 3.63) is 35.9 Å². The van der Waals surface area contributed by atoms with E-state index in [1.807, 2.05) is 30.3 Å². The number of nitrogens with zero attached hydrogens (tertiary/aromatic N) is 1. The maximum Gasteiger partial charge on any atom is 0.235 e. The highest BCUT2D eigenvalue weighted by atomic mass is 32.2. The number of benzene rings is 1. The van der Waals surface area contributed by atoms with E-state index in [9.17, 15) is 4.79 Å². The molecule has 0 saturated carbocycles. The molecule has 0 spiro atoms. The van der Waals surface area contributed by atoms with Crippen LogP contribution >= 0.6 is 11.8 Å². The Balaban J connectivity index is 2.10. The van der Waals surface area contributed by atoms with Crippen molar-refractivity contribution in [3.63, 3.8) is 0 Å². The molecule has 1 aromatic rings. The van der Waals surface area contributed by atoms with Crippen molar-refractivity contribution >= 4 is 22.6 Å². The first kappa shape index (κ1) is 10.4. The largest absolute Gasteiger partial charge is 0.280 e. The topological polar surface area (TPSA) is 29.4 Å². The summed E-state index contributed by atoms with van der Waals surface area (Å²) in [6.07, 6.45) is 1.60. The van der Waals surface area contributed by atoms with Crippen LogP contribution in [0.5, 0.6) is 0 Å². The lowest BCUT2D eigenvalue weighted by molar-refractivity contribution is -0.105. The molecule has 0 amide bonds. The van der Waals surface area contributed by atoms with Gasteiger partial charge in [-0.3, -0.25) is 9.79 Å². The Kier molecular flexibility index (Phi) is 3.21. The van der Waals surface area contributed by atoms with E-state index in [-0.39, 0.29) is 10.5 Å². The Morgan fingerprint density at radius 2 is 2.07 bits per heavy atom. The Labute approximate surface area is 93.8 Å². The summed E-state index contributed by atoms with van der Waals surface area (Å²) in [7, 11) is 0. The van der Waals surface area contributed by atoms with Crippen LogP contribution in [0.4, 0.5) is 0 Å². The highest BCUT2D eigenvalue weighted by Crippen LogP contribution is 2.25. The first-order valence-electron chi connectivity index (χ1n) is 5.11. The van der Waals surface area contributed by atoms with Crippen LogP contribution in [0.15, 0.2) is 35.3 Å². The molecular weight excluding hydrogens is 206 g/mol. The summed E-state index contributed by atoms with van der Waals surface area (Å²) in [5.41, 5.74) is 1.88. The Morgan fingerprint density at radius 3 is 2.67 bits per heavy atom. The molecule has 0 saturated heterocycles. The zero-order valence-electron chi connectivity index (χ0n) is 8.64. The Morgan fingerprint density at radius 1 is 1.33 bits per heavy atom. The van der Waals surface area contributed by atoms with E-state index in [0.717, 1.165) is 17.7 Å². The zero-order chi connectivity index (χ0) is 10.7. The van der Waals surface area contributed by atoms with Gasteiger partial charge in [-0.2, -0.15) is 0 Å². The molecule has 0 bridgehead atoms. The summed E-state index contributed by atoms with van der Waals surface area (Å²) in [6.45, 7) is 2.06. The van der Waals surface area contributed by atoms with Gasteiger partial charge < -0.3 is 0 Å². The fourth-order valence-electron chi connectivity index (χ4n) is 1.53. The highest BCUT2D eigenvalue weighted by molar-refractivity contribution is 8.16. The number of hydrogen-bond donors (Lipinski definition) is 0. The molecule has 2 rings (SSSR count). The Hall–Kier alpha value is -1.09. The van der Waals surface area contributed by atoms with Crippen LogP contribution in [0, 0.1) is 0 Å². The van der Waals surface area contributed by atoms with Crippen molar-refractivity contribution in [1.82, 2.24) is 0 Å². The first-order valence-corrected chi connectivity index (χ1v) is 5.99. The van der Waals surface area contributed by atoms with Gasteiger partial charge in [-0.1, -0.05) is 49.0 Å². The van der Waals surface area contributed by atoms with Crippen molar-refractivity contribution in [3.8, 4) is 0 Å². The second-order valence-corrected chi connectivity index (χ2v) is 4.66. The monoisotopic (exact) mass is 219 g/mol. The summed E-state index contributed by atoms with van der Waals surface area (Å²) < 4.78 is 0. The third-order valence-corrected chi connectivity index (χ3v) is 3.50. The molecule has 2 nitrogen and oxygen atoms in total. The summed E-state index contributed by atoms with van der Waals surface area (Å²) >= 11 is 1.35.